The van der Waals surface area contributed by atoms with Crippen LogP contribution in [0.4, 0.5) is 4.39 Å². The summed E-state index contributed by atoms with van der Waals surface area (Å²) >= 11 is 10.5. The van der Waals surface area contributed by atoms with E-state index in [9.17, 15) is 9.18 Å². The van der Waals surface area contributed by atoms with Gasteiger partial charge in [0.15, 0.2) is 4.77 Å². The number of benzene rings is 1. The molecule has 0 radical (unpaired) electrons. The monoisotopic (exact) mass is 256 g/mol. The van der Waals surface area contributed by atoms with Crippen molar-refractivity contribution in [3.8, 4) is 11.3 Å². The Hall–Kier alpha value is -1.46. The lowest BCUT2D eigenvalue weighted by atomic mass is 10.1. The lowest BCUT2D eigenvalue weighted by Gasteiger charge is -2.02. The lowest BCUT2D eigenvalue weighted by molar-refractivity contribution is 0.628. The first kappa shape index (κ1) is 11.0. The van der Waals surface area contributed by atoms with Crippen LogP contribution in [0.5, 0.6) is 0 Å². The molecule has 0 saturated heterocycles. The van der Waals surface area contributed by atoms with Crippen LogP contribution in [0.3, 0.4) is 0 Å². The Morgan fingerprint density at radius 3 is 2.62 bits per heavy atom. The highest BCUT2D eigenvalue weighted by Crippen LogP contribution is 2.22. The molecule has 16 heavy (non-hydrogen) atoms. The van der Waals surface area contributed by atoms with Crippen molar-refractivity contribution in [1.29, 1.82) is 0 Å². The molecule has 0 spiro atoms. The summed E-state index contributed by atoms with van der Waals surface area (Å²) in [5.74, 6) is -0.506. The van der Waals surface area contributed by atoms with E-state index in [1.807, 2.05) is 0 Å². The van der Waals surface area contributed by atoms with Gasteiger partial charge in [0.1, 0.15) is 5.82 Å². The SMILES string of the molecule is O=c1cc(-c2ccc(F)c(Cl)c2)[nH]c(=S)[nH]1. The summed E-state index contributed by atoms with van der Waals surface area (Å²) in [6, 6.07) is 5.51. The zero-order valence-corrected chi connectivity index (χ0v) is 9.45. The number of nitrogens with one attached hydrogen (secondary N) is 2. The normalized spacial score (nSPS) is 10.4. The van der Waals surface area contributed by atoms with Gasteiger partial charge in [-0.25, -0.2) is 4.39 Å². The third kappa shape index (κ3) is 2.20. The number of hydrogen-bond acceptors (Lipinski definition) is 2. The molecule has 0 atom stereocenters. The number of aromatic nitrogens is 2. The maximum Gasteiger partial charge on any atom is 0.252 e. The van der Waals surface area contributed by atoms with Gasteiger partial charge in [0, 0.05) is 6.07 Å². The quantitative estimate of drug-likeness (QED) is 0.771. The molecule has 2 rings (SSSR count). The second kappa shape index (κ2) is 4.19. The fourth-order valence-electron chi connectivity index (χ4n) is 1.29. The highest BCUT2D eigenvalue weighted by Gasteiger charge is 2.04. The molecule has 0 aliphatic carbocycles. The third-order valence-electron chi connectivity index (χ3n) is 1.99. The van der Waals surface area contributed by atoms with Crippen LogP contribution in [0, 0.1) is 10.6 Å². The highest BCUT2D eigenvalue weighted by atomic mass is 35.5. The van der Waals surface area contributed by atoms with Gasteiger partial charge in [-0.3, -0.25) is 9.78 Å². The number of rotatable bonds is 1. The second-order valence-electron chi connectivity index (χ2n) is 3.13. The van der Waals surface area contributed by atoms with Crippen LogP contribution in [-0.4, -0.2) is 9.97 Å². The van der Waals surface area contributed by atoms with E-state index < -0.39 is 5.82 Å². The van der Waals surface area contributed by atoms with E-state index in [0.717, 1.165) is 0 Å². The first-order valence-corrected chi connectivity index (χ1v) is 5.14. The van der Waals surface area contributed by atoms with Gasteiger partial charge in [0.25, 0.3) is 5.56 Å². The van der Waals surface area contributed by atoms with E-state index in [4.69, 9.17) is 23.8 Å². The summed E-state index contributed by atoms with van der Waals surface area (Å²) in [6.45, 7) is 0. The fraction of sp³-hybridized carbons (Fsp3) is 0. The number of hydrogen-bond donors (Lipinski definition) is 2. The van der Waals surface area contributed by atoms with Crippen molar-refractivity contribution in [2.45, 2.75) is 0 Å². The zero-order valence-electron chi connectivity index (χ0n) is 7.88. The van der Waals surface area contributed by atoms with Gasteiger partial charge in [-0.05, 0) is 36.0 Å². The van der Waals surface area contributed by atoms with Crippen molar-refractivity contribution in [1.82, 2.24) is 9.97 Å². The number of aromatic amines is 2. The Bertz CT molecular complexity index is 622. The van der Waals surface area contributed by atoms with Gasteiger partial charge in [-0.1, -0.05) is 11.6 Å². The molecular weight excluding hydrogens is 251 g/mol. The van der Waals surface area contributed by atoms with Crippen LogP contribution in [0.2, 0.25) is 5.02 Å². The van der Waals surface area contributed by atoms with Crippen molar-refractivity contribution in [3.05, 3.63) is 50.2 Å². The molecule has 1 aromatic heterocycles. The average molecular weight is 257 g/mol. The first-order valence-electron chi connectivity index (χ1n) is 4.35. The van der Waals surface area contributed by atoms with Crippen molar-refractivity contribution < 1.29 is 4.39 Å². The summed E-state index contributed by atoms with van der Waals surface area (Å²) in [7, 11) is 0. The summed E-state index contributed by atoms with van der Waals surface area (Å²) in [5.41, 5.74) is 0.776. The minimum Gasteiger partial charge on any atom is -0.332 e. The lowest BCUT2D eigenvalue weighted by Crippen LogP contribution is -2.06. The second-order valence-corrected chi connectivity index (χ2v) is 3.95. The molecule has 3 nitrogen and oxygen atoms in total. The Morgan fingerprint density at radius 2 is 2.00 bits per heavy atom. The minimum absolute atomic E-state index is 0.00269. The molecule has 0 bridgehead atoms. The highest BCUT2D eigenvalue weighted by molar-refractivity contribution is 7.71. The van der Waals surface area contributed by atoms with Crippen LogP contribution in [-0.2, 0) is 0 Å². The number of H-pyrrole nitrogens is 2. The summed E-state index contributed by atoms with van der Waals surface area (Å²) in [5, 5.41) is -0.00269. The van der Waals surface area contributed by atoms with E-state index in [1.54, 1.807) is 0 Å². The van der Waals surface area contributed by atoms with Crippen molar-refractivity contribution in [2.24, 2.45) is 0 Å². The van der Waals surface area contributed by atoms with E-state index in [2.05, 4.69) is 9.97 Å². The smallest absolute Gasteiger partial charge is 0.252 e. The molecule has 2 aromatic rings. The molecule has 0 unspecified atom stereocenters. The standard InChI is InChI=1S/C10H6ClFN2OS/c11-6-3-5(1-2-7(6)12)8-4-9(15)14-10(16)13-8/h1-4H,(H2,13,14,15,16). The molecular formula is C10H6ClFN2OS. The van der Waals surface area contributed by atoms with E-state index in [0.29, 0.717) is 11.3 Å². The molecule has 1 heterocycles. The van der Waals surface area contributed by atoms with Gasteiger partial charge in [-0.15, -0.1) is 0 Å². The van der Waals surface area contributed by atoms with Gasteiger partial charge in [-0.2, -0.15) is 0 Å². The summed E-state index contributed by atoms with van der Waals surface area (Å²) < 4.78 is 13.2. The molecule has 0 saturated carbocycles. The average Bonchev–Trinajstić information content (AvgIpc) is 2.20. The summed E-state index contributed by atoms with van der Waals surface area (Å²) in [4.78, 5) is 16.4. The molecule has 0 amide bonds. The molecule has 0 fully saturated rings. The van der Waals surface area contributed by atoms with Crippen LogP contribution < -0.4 is 5.56 Å². The van der Waals surface area contributed by atoms with Crippen molar-refractivity contribution in [2.75, 3.05) is 0 Å². The van der Waals surface area contributed by atoms with Gasteiger partial charge < -0.3 is 4.98 Å². The minimum atomic E-state index is -0.506. The predicted molar refractivity (Wildman–Crippen MR) is 62.7 cm³/mol. The fourth-order valence-corrected chi connectivity index (χ4v) is 1.68. The molecule has 0 aliphatic rings. The van der Waals surface area contributed by atoms with Crippen LogP contribution in [0.15, 0.2) is 29.1 Å². The third-order valence-corrected chi connectivity index (χ3v) is 2.48. The van der Waals surface area contributed by atoms with Crippen LogP contribution >= 0.6 is 23.8 Å². The maximum absolute atomic E-state index is 12.9. The van der Waals surface area contributed by atoms with Crippen molar-refractivity contribution >= 4 is 23.8 Å². The van der Waals surface area contributed by atoms with Gasteiger partial charge in [0.05, 0.1) is 10.7 Å². The maximum atomic E-state index is 12.9. The van der Waals surface area contributed by atoms with Crippen LogP contribution in [0.1, 0.15) is 0 Å². The van der Waals surface area contributed by atoms with Crippen LogP contribution in [0.25, 0.3) is 11.3 Å². The van der Waals surface area contributed by atoms with E-state index in [-0.39, 0.29) is 15.4 Å². The molecule has 1 aromatic carbocycles. The Morgan fingerprint density at radius 1 is 1.25 bits per heavy atom. The molecule has 2 N–H and O–H groups in total. The zero-order chi connectivity index (χ0) is 11.7. The molecule has 6 heteroatoms. The Kier molecular flexibility index (Phi) is 2.89. The van der Waals surface area contributed by atoms with Gasteiger partial charge >= 0.3 is 0 Å². The van der Waals surface area contributed by atoms with Crippen molar-refractivity contribution in [3.63, 3.8) is 0 Å². The first-order chi connectivity index (χ1) is 7.56. The van der Waals surface area contributed by atoms with E-state index in [1.165, 1.54) is 24.3 Å². The Labute approximate surface area is 99.9 Å². The topological polar surface area (TPSA) is 48.6 Å². The summed E-state index contributed by atoms with van der Waals surface area (Å²) in [6.07, 6.45) is 0. The Balaban J connectivity index is 2.63. The van der Waals surface area contributed by atoms with E-state index >= 15 is 0 Å². The predicted octanol–water partition coefficient (Wildman–Crippen LogP) is 2.89. The molecule has 82 valence electrons. The molecule has 0 aliphatic heterocycles. The number of halogens is 2. The van der Waals surface area contributed by atoms with Gasteiger partial charge in [0.2, 0.25) is 0 Å². The largest absolute Gasteiger partial charge is 0.332 e.